The van der Waals surface area contributed by atoms with Gasteiger partial charge in [-0.15, -0.1) is 11.3 Å². The lowest BCUT2D eigenvalue weighted by Crippen LogP contribution is -2.20. The minimum atomic E-state index is -0.485. The minimum Gasteiger partial charge on any atom is -0.497 e. The van der Waals surface area contributed by atoms with Gasteiger partial charge >= 0.3 is 5.97 Å². The molecular formula is C21H17NO5S. The zero-order valence-electron chi connectivity index (χ0n) is 15.2. The van der Waals surface area contributed by atoms with Gasteiger partial charge in [-0.3, -0.25) is 9.59 Å². The van der Waals surface area contributed by atoms with Gasteiger partial charge in [0.2, 0.25) is 0 Å². The first kappa shape index (κ1) is 19.3. The zero-order valence-corrected chi connectivity index (χ0v) is 16.0. The molecule has 142 valence electrons. The smallest absolute Gasteiger partial charge is 0.338 e. The van der Waals surface area contributed by atoms with Crippen LogP contribution in [0.4, 0.5) is 0 Å². The Labute approximate surface area is 164 Å². The summed E-state index contributed by atoms with van der Waals surface area (Å²) in [5.41, 5.74) is 1.07. The number of hydrogen-bond donors (Lipinski definition) is 1. The van der Waals surface area contributed by atoms with Crippen molar-refractivity contribution in [2.24, 2.45) is 0 Å². The van der Waals surface area contributed by atoms with Crippen molar-refractivity contribution in [3.8, 4) is 5.75 Å². The largest absolute Gasteiger partial charge is 0.497 e. The van der Waals surface area contributed by atoms with Crippen LogP contribution >= 0.6 is 11.3 Å². The van der Waals surface area contributed by atoms with Crippen LogP contribution in [0.1, 0.15) is 26.3 Å². The van der Waals surface area contributed by atoms with Gasteiger partial charge in [-0.25, -0.2) is 4.79 Å². The molecule has 0 amide bonds. The van der Waals surface area contributed by atoms with Crippen molar-refractivity contribution in [1.82, 2.24) is 4.98 Å². The van der Waals surface area contributed by atoms with E-state index in [-0.39, 0.29) is 11.3 Å². The Kier molecular flexibility index (Phi) is 5.86. The molecule has 0 radical (unpaired) electrons. The Hall–Kier alpha value is -3.45. The van der Waals surface area contributed by atoms with Crippen LogP contribution in [0.5, 0.6) is 5.75 Å². The molecule has 0 saturated heterocycles. The van der Waals surface area contributed by atoms with Crippen LogP contribution < -0.4 is 19.5 Å². The number of Topliss-reactive ketones (excluding diaryl/α,β-unsaturated/α-hetero) is 1. The summed E-state index contributed by atoms with van der Waals surface area (Å²) in [7, 11) is 2.85. The number of esters is 1. The first-order valence-electron chi connectivity index (χ1n) is 8.30. The summed E-state index contributed by atoms with van der Waals surface area (Å²) in [5.74, 6) is -0.0646. The number of rotatable bonds is 5. The number of aromatic amines is 1. The molecule has 1 N–H and O–H groups in total. The van der Waals surface area contributed by atoms with Crippen LogP contribution in [0.3, 0.4) is 0 Å². The summed E-state index contributed by atoms with van der Waals surface area (Å²) in [5, 5.41) is 0. The maximum absolute atomic E-state index is 12.4. The summed E-state index contributed by atoms with van der Waals surface area (Å²) in [4.78, 5) is 39.2. The molecule has 0 saturated carbocycles. The first-order valence-corrected chi connectivity index (χ1v) is 9.12. The fourth-order valence-electron chi connectivity index (χ4n) is 2.54. The van der Waals surface area contributed by atoms with E-state index in [9.17, 15) is 14.4 Å². The van der Waals surface area contributed by atoms with Crippen molar-refractivity contribution in [1.29, 1.82) is 0 Å². The SMILES string of the molecule is COC(=O)c1ccccc1/C=c1\s/c(=C\C(=O)c2ccc(OC)cc2)[nH]c1=O. The topological polar surface area (TPSA) is 85.5 Å². The van der Waals surface area contributed by atoms with Gasteiger partial charge in [0.05, 0.1) is 29.0 Å². The summed E-state index contributed by atoms with van der Waals surface area (Å²) in [6.45, 7) is 0. The normalized spacial score (nSPS) is 12.1. The number of carbonyl (C=O) groups is 2. The lowest BCUT2D eigenvalue weighted by molar-refractivity contribution is 0.0600. The highest BCUT2D eigenvalue weighted by molar-refractivity contribution is 7.07. The van der Waals surface area contributed by atoms with E-state index in [1.165, 1.54) is 13.2 Å². The van der Waals surface area contributed by atoms with Gasteiger partial charge in [-0.05, 0) is 42.0 Å². The van der Waals surface area contributed by atoms with E-state index in [1.807, 2.05) is 0 Å². The summed E-state index contributed by atoms with van der Waals surface area (Å²) < 4.78 is 10.6. The maximum Gasteiger partial charge on any atom is 0.338 e. The van der Waals surface area contributed by atoms with Gasteiger partial charge in [0.1, 0.15) is 5.75 Å². The molecule has 3 aromatic rings. The predicted molar refractivity (Wildman–Crippen MR) is 107 cm³/mol. The number of hydrogen-bond acceptors (Lipinski definition) is 6. The highest BCUT2D eigenvalue weighted by atomic mass is 32.1. The monoisotopic (exact) mass is 395 g/mol. The highest BCUT2D eigenvalue weighted by Crippen LogP contribution is 2.12. The van der Waals surface area contributed by atoms with Crippen LogP contribution in [0.15, 0.2) is 53.3 Å². The van der Waals surface area contributed by atoms with Gasteiger partial charge in [0, 0.05) is 11.6 Å². The number of nitrogens with one attached hydrogen (secondary N) is 1. The Morgan fingerprint density at radius 2 is 1.75 bits per heavy atom. The standard InChI is InChI=1S/C21H17NO5S/c1-26-15-9-7-13(8-10-15)17(23)12-19-22-20(24)18(28-19)11-14-5-3-4-6-16(14)21(25)27-2/h3-12H,1-2H3,(H,22,24)/b18-11-,19-12-. The van der Waals surface area contributed by atoms with Crippen molar-refractivity contribution < 1.29 is 19.1 Å². The van der Waals surface area contributed by atoms with Crippen molar-refractivity contribution in [3.63, 3.8) is 0 Å². The van der Waals surface area contributed by atoms with Gasteiger partial charge in [-0.2, -0.15) is 0 Å². The molecular weight excluding hydrogens is 378 g/mol. The molecule has 0 bridgehead atoms. The van der Waals surface area contributed by atoms with Crippen molar-refractivity contribution in [3.05, 3.63) is 84.8 Å². The molecule has 0 spiro atoms. The van der Waals surface area contributed by atoms with Crippen molar-refractivity contribution in [2.45, 2.75) is 0 Å². The Morgan fingerprint density at radius 1 is 1.04 bits per heavy atom. The second-order valence-electron chi connectivity index (χ2n) is 5.74. The molecule has 3 rings (SSSR count). The van der Waals surface area contributed by atoms with E-state index < -0.39 is 5.97 Å². The number of H-pyrrole nitrogens is 1. The predicted octanol–water partition coefficient (Wildman–Crippen LogP) is 1.72. The average molecular weight is 395 g/mol. The van der Waals surface area contributed by atoms with Gasteiger partial charge in [-0.1, -0.05) is 18.2 Å². The number of methoxy groups -OCH3 is 2. The van der Waals surface area contributed by atoms with E-state index in [0.29, 0.717) is 31.6 Å². The molecule has 6 nitrogen and oxygen atoms in total. The molecule has 0 aliphatic rings. The Bertz CT molecular complexity index is 1190. The first-order chi connectivity index (χ1) is 13.5. The van der Waals surface area contributed by atoms with Crippen LogP contribution in [-0.2, 0) is 4.74 Å². The van der Waals surface area contributed by atoms with Gasteiger partial charge in [0.15, 0.2) is 5.78 Å². The average Bonchev–Trinajstić information content (AvgIpc) is 3.06. The summed E-state index contributed by atoms with van der Waals surface area (Å²) in [6, 6.07) is 13.5. The number of carbonyl (C=O) groups excluding carboxylic acids is 2. The molecule has 0 unspecified atom stereocenters. The van der Waals surface area contributed by atoms with E-state index in [1.54, 1.807) is 61.7 Å². The molecule has 0 aliphatic heterocycles. The number of ether oxygens (including phenoxy) is 2. The second kappa shape index (κ2) is 8.49. The highest BCUT2D eigenvalue weighted by Gasteiger charge is 2.10. The van der Waals surface area contributed by atoms with Gasteiger partial charge < -0.3 is 14.5 Å². The third-order valence-electron chi connectivity index (χ3n) is 3.97. The fourth-order valence-corrected chi connectivity index (χ4v) is 3.42. The lowest BCUT2D eigenvalue weighted by atomic mass is 10.1. The Balaban J connectivity index is 1.98. The summed E-state index contributed by atoms with van der Waals surface area (Å²) in [6.07, 6.45) is 2.97. The minimum absolute atomic E-state index is 0.235. The van der Waals surface area contributed by atoms with Crippen molar-refractivity contribution >= 4 is 35.2 Å². The third kappa shape index (κ3) is 4.27. The molecule has 7 heteroatoms. The molecule has 0 aliphatic carbocycles. The van der Waals surface area contributed by atoms with Crippen LogP contribution in [-0.4, -0.2) is 31.0 Å². The molecule has 0 fully saturated rings. The lowest BCUT2D eigenvalue weighted by Gasteiger charge is -2.02. The number of aromatic nitrogens is 1. The number of ketones is 1. The van der Waals surface area contributed by atoms with E-state index >= 15 is 0 Å². The molecule has 1 heterocycles. The van der Waals surface area contributed by atoms with E-state index in [0.717, 1.165) is 11.3 Å². The van der Waals surface area contributed by atoms with Crippen molar-refractivity contribution in [2.75, 3.05) is 14.2 Å². The number of benzene rings is 2. The Morgan fingerprint density at radius 3 is 2.43 bits per heavy atom. The van der Waals surface area contributed by atoms with E-state index in [2.05, 4.69) is 4.98 Å². The molecule has 0 atom stereocenters. The molecule has 28 heavy (non-hydrogen) atoms. The second-order valence-corrected chi connectivity index (χ2v) is 6.83. The maximum atomic E-state index is 12.4. The fraction of sp³-hybridized carbons (Fsp3) is 0.0952. The molecule has 1 aromatic heterocycles. The number of thiazole rings is 1. The zero-order chi connectivity index (χ0) is 20.1. The quantitative estimate of drug-likeness (QED) is 0.525. The third-order valence-corrected chi connectivity index (χ3v) is 4.93. The van der Waals surface area contributed by atoms with Crippen LogP contribution in [0, 0.1) is 0 Å². The van der Waals surface area contributed by atoms with E-state index in [4.69, 9.17) is 9.47 Å². The van der Waals surface area contributed by atoms with Crippen LogP contribution in [0.2, 0.25) is 0 Å². The summed E-state index contributed by atoms with van der Waals surface area (Å²) >= 11 is 1.14. The van der Waals surface area contributed by atoms with Gasteiger partial charge in [0.25, 0.3) is 5.56 Å². The van der Waals surface area contributed by atoms with Crippen LogP contribution in [0.25, 0.3) is 12.2 Å². The molecule has 2 aromatic carbocycles.